The smallest absolute Gasteiger partial charge is 0.344 e. The molecule has 0 saturated carbocycles. The van der Waals surface area contributed by atoms with E-state index in [0.29, 0.717) is 19.5 Å². The number of alkyl halides is 3. The van der Waals surface area contributed by atoms with Crippen molar-refractivity contribution in [2.24, 2.45) is 0 Å². The van der Waals surface area contributed by atoms with Crippen LogP contribution in [0.5, 0.6) is 0 Å². The molecule has 6 heteroatoms. The van der Waals surface area contributed by atoms with Crippen molar-refractivity contribution in [3.05, 3.63) is 17.2 Å². The second-order valence-corrected chi connectivity index (χ2v) is 4.78. The predicted molar refractivity (Wildman–Crippen MR) is 57.7 cm³/mol. The van der Waals surface area contributed by atoms with Gasteiger partial charge in [0, 0.05) is 25.4 Å². The molecule has 0 aromatic carbocycles. The van der Waals surface area contributed by atoms with Crippen molar-refractivity contribution in [3.63, 3.8) is 0 Å². The maximum absolute atomic E-state index is 12.3. The van der Waals surface area contributed by atoms with Crippen molar-refractivity contribution >= 4 is 0 Å². The highest BCUT2D eigenvalue weighted by Crippen LogP contribution is 2.23. The van der Waals surface area contributed by atoms with E-state index >= 15 is 0 Å². The molecule has 0 fully saturated rings. The van der Waals surface area contributed by atoms with E-state index in [1.807, 2.05) is 13.8 Å². The van der Waals surface area contributed by atoms with Crippen LogP contribution in [0.1, 0.15) is 37.0 Å². The van der Waals surface area contributed by atoms with Crippen LogP contribution in [0.2, 0.25) is 0 Å². The SMILES string of the molecule is CC(C)c1nc2c([nH]1)CN(CC(F)(F)F)CC2. The molecule has 1 aliphatic heterocycles. The topological polar surface area (TPSA) is 31.9 Å². The highest BCUT2D eigenvalue weighted by atomic mass is 19.4. The second-order valence-electron chi connectivity index (χ2n) is 4.78. The molecule has 1 N–H and O–H groups in total. The number of imidazole rings is 1. The van der Waals surface area contributed by atoms with Crippen LogP contribution >= 0.6 is 0 Å². The summed E-state index contributed by atoms with van der Waals surface area (Å²) in [5, 5.41) is 0. The monoisotopic (exact) mass is 247 g/mol. The van der Waals surface area contributed by atoms with Gasteiger partial charge in [0.1, 0.15) is 5.82 Å². The Hall–Kier alpha value is -1.04. The fourth-order valence-corrected chi connectivity index (χ4v) is 2.03. The number of H-pyrrole nitrogens is 1. The van der Waals surface area contributed by atoms with Crippen molar-refractivity contribution in [1.29, 1.82) is 0 Å². The molecule has 0 spiro atoms. The number of halogens is 3. The van der Waals surface area contributed by atoms with E-state index in [-0.39, 0.29) is 5.92 Å². The van der Waals surface area contributed by atoms with Gasteiger partial charge in [-0.15, -0.1) is 0 Å². The van der Waals surface area contributed by atoms with Gasteiger partial charge in [0.25, 0.3) is 0 Å². The van der Waals surface area contributed by atoms with Crippen LogP contribution in [0.4, 0.5) is 13.2 Å². The Kier molecular flexibility index (Phi) is 3.16. The minimum absolute atomic E-state index is 0.275. The molecule has 0 saturated heterocycles. The third kappa shape index (κ3) is 3.00. The molecule has 0 unspecified atom stereocenters. The standard InChI is InChI=1S/C11H16F3N3/c1-7(2)10-15-8-3-4-17(5-9(8)16-10)6-11(12,13)14/h7H,3-6H2,1-2H3,(H,15,16). The fraction of sp³-hybridized carbons (Fsp3) is 0.727. The summed E-state index contributed by atoms with van der Waals surface area (Å²) in [6.45, 7) is 3.92. The molecule has 3 nitrogen and oxygen atoms in total. The van der Waals surface area contributed by atoms with Gasteiger partial charge in [-0.25, -0.2) is 4.98 Å². The molecule has 0 atom stereocenters. The summed E-state index contributed by atoms with van der Waals surface area (Å²) in [6, 6.07) is 0. The Bertz CT molecular complexity index is 395. The van der Waals surface area contributed by atoms with E-state index in [4.69, 9.17) is 0 Å². The van der Waals surface area contributed by atoms with Crippen molar-refractivity contribution in [2.75, 3.05) is 13.1 Å². The maximum Gasteiger partial charge on any atom is 0.401 e. The van der Waals surface area contributed by atoms with E-state index in [2.05, 4.69) is 9.97 Å². The molecule has 96 valence electrons. The third-order valence-corrected chi connectivity index (χ3v) is 2.88. The van der Waals surface area contributed by atoms with Gasteiger partial charge in [-0.05, 0) is 0 Å². The summed E-state index contributed by atoms with van der Waals surface area (Å²) < 4.78 is 36.8. The minimum atomic E-state index is -4.13. The van der Waals surface area contributed by atoms with E-state index < -0.39 is 12.7 Å². The number of nitrogens with one attached hydrogen (secondary N) is 1. The summed E-state index contributed by atoms with van der Waals surface area (Å²) in [5.74, 6) is 1.14. The Balaban J connectivity index is 2.08. The normalized spacial score (nSPS) is 17.5. The first-order valence-electron chi connectivity index (χ1n) is 5.72. The van der Waals surface area contributed by atoms with Crippen LogP contribution in [0.15, 0.2) is 0 Å². The summed E-state index contributed by atoms with van der Waals surface area (Å²) in [7, 11) is 0. The lowest BCUT2D eigenvalue weighted by Gasteiger charge is -2.26. The minimum Gasteiger partial charge on any atom is -0.344 e. The maximum atomic E-state index is 12.3. The molecule has 0 aliphatic carbocycles. The van der Waals surface area contributed by atoms with Crippen LogP contribution in [-0.2, 0) is 13.0 Å². The molecule has 0 bridgehead atoms. The van der Waals surface area contributed by atoms with Crippen molar-refractivity contribution in [3.8, 4) is 0 Å². The van der Waals surface area contributed by atoms with Gasteiger partial charge in [-0.2, -0.15) is 13.2 Å². The average Bonchev–Trinajstić information content (AvgIpc) is 2.57. The molecule has 0 amide bonds. The van der Waals surface area contributed by atoms with E-state index in [1.165, 1.54) is 4.90 Å². The van der Waals surface area contributed by atoms with Gasteiger partial charge in [-0.1, -0.05) is 13.8 Å². The zero-order valence-corrected chi connectivity index (χ0v) is 9.93. The van der Waals surface area contributed by atoms with Crippen LogP contribution in [0, 0.1) is 0 Å². The Morgan fingerprint density at radius 2 is 2.12 bits per heavy atom. The predicted octanol–water partition coefficient (Wildman–Crippen LogP) is 2.45. The van der Waals surface area contributed by atoms with E-state index in [0.717, 1.165) is 17.2 Å². The van der Waals surface area contributed by atoms with Crippen molar-refractivity contribution < 1.29 is 13.2 Å². The molecule has 0 radical (unpaired) electrons. The first-order chi connectivity index (χ1) is 7.85. The molecule has 1 aliphatic rings. The van der Waals surface area contributed by atoms with Gasteiger partial charge >= 0.3 is 6.18 Å². The molecule has 17 heavy (non-hydrogen) atoms. The van der Waals surface area contributed by atoms with E-state index in [9.17, 15) is 13.2 Å². The first-order valence-corrected chi connectivity index (χ1v) is 5.72. The number of aromatic amines is 1. The lowest BCUT2D eigenvalue weighted by molar-refractivity contribution is -0.147. The number of aromatic nitrogens is 2. The number of hydrogen-bond donors (Lipinski definition) is 1. The van der Waals surface area contributed by atoms with Crippen molar-refractivity contribution in [1.82, 2.24) is 14.9 Å². The molecule has 2 heterocycles. The molecule has 1 aromatic rings. The van der Waals surface area contributed by atoms with E-state index in [1.54, 1.807) is 0 Å². The summed E-state index contributed by atoms with van der Waals surface area (Å²) in [4.78, 5) is 8.95. The fourth-order valence-electron chi connectivity index (χ4n) is 2.03. The van der Waals surface area contributed by atoms with Gasteiger partial charge in [0.15, 0.2) is 0 Å². The lowest BCUT2D eigenvalue weighted by Crippen LogP contribution is -2.38. The number of hydrogen-bond acceptors (Lipinski definition) is 2. The molecule has 1 aromatic heterocycles. The number of fused-ring (bicyclic) bond motifs is 1. The number of rotatable bonds is 2. The molecular formula is C11H16F3N3. The largest absolute Gasteiger partial charge is 0.401 e. The number of nitrogens with zero attached hydrogens (tertiary/aromatic N) is 2. The average molecular weight is 247 g/mol. The highest BCUT2D eigenvalue weighted by molar-refractivity contribution is 5.19. The van der Waals surface area contributed by atoms with Crippen LogP contribution in [0.25, 0.3) is 0 Å². The van der Waals surface area contributed by atoms with Crippen molar-refractivity contribution in [2.45, 2.75) is 38.9 Å². The van der Waals surface area contributed by atoms with Gasteiger partial charge in [0.2, 0.25) is 0 Å². The highest BCUT2D eigenvalue weighted by Gasteiger charge is 2.32. The Labute approximate surface area is 98.0 Å². The quantitative estimate of drug-likeness (QED) is 0.870. The Morgan fingerprint density at radius 3 is 2.71 bits per heavy atom. The van der Waals surface area contributed by atoms with Crippen LogP contribution in [-0.4, -0.2) is 34.1 Å². The van der Waals surface area contributed by atoms with Crippen LogP contribution < -0.4 is 0 Å². The zero-order valence-electron chi connectivity index (χ0n) is 9.93. The summed E-state index contributed by atoms with van der Waals surface area (Å²) in [6.07, 6.45) is -3.53. The summed E-state index contributed by atoms with van der Waals surface area (Å²) >= 11 is 0. The van der Waals surface area contributed by atoms with Crippen LogP contribution in [0.3, 0.4) is 0 Å². The summed E-state index contributed by atoms with van der Waals surface area (Å²) in [5.41, 5.74) is 1.76. The van der Waals surface area contributed by atoms with Gasteiger partial charge in [-0.3, -0.25) is 4.90 Å². The second kappa shape index (κ2) is 4.33. The molecular weight excluding hydrogens is 231 g/mol. The first kappa shape index (κ1) is 12.4. The lowest BCUT2D eigenvalue weighted by atomic mass is 10.1. The van der Waals surface area contributed by atoms with Gasteiger partial charge in [0.05, 0.1) is 17.9 Å². The third-order valence-electron chi connectivity index (χ3n) is 2.88. The molecule has 2 rings (SSSR count). The van der Waals surface area contributed by atoms with Gasteiger partial charge < -0.3 is 4.98 Å². The zero-order chi connectivity index (χ0) is 12.6. The Morgan fingerprint density at radius 1 is 1.41 bits per heavy atom.